The number of hydrogen-bond acceptors (Lipinski definition) is 4. The molecule has 2 fully saturated rings. The van der Waals surface area contributed by atoms with Crippen molar-refractivity contribution < 1.29 is 9.59 Å². The summed E-state index contributed by atoms with van der Waals surface area (Å²) in [4.78, 5) is 40.6. The molecule has 0 atom stereocenters. The Labute approximate surface area is 272 Å². The number of nitrogens with zero attached hydrogens (tertiary/aromatic N) is 6. The van der Waals surface area contributed by atoms with Gasteiger partial charge in [0.15, 0.2) is 0 Å². The summed E-state index contributed by atoms with van der Waals surface area (Å²) in [6, 6.07) is 26.1. The molecule has 0 aromatic heterocycles. The van der Waals surface area contributed by atoms with Crippen LogP contribution < -0.4 is 0 Å². The lowest BCUT2D eigenvalue weighted by molar-refractivity contribution is -0.0205. The van der Waals surface area contributed by atoms with E-state index in [2.05, 4.69) is 124 Å². The van der Waals surface area contributed by atoms with Gasteiger partial charge in [-0.2, -0.15) is 0 Å². The fraction of sp³-hybridized carbons (Fsp3) is 0.421. The van der Waals surface area contributed by atoms with Crippen LogP contribution in [0.15, 0.2) is 72.8 Å². The molecule has 8 nitrogen and oxygen atoms in total. The third kappa shape index (κ3) is 6.04. The summed E-state index contributed by atoms with van der Waals surface area (Å²) in [6.45, 7) is 17.7. The highest BCUT2D eigenvalue weighted by Crippen LogP contribution is 2.29. The van der Waals surface area contributed by atoms with Gasteiger partial charge in [-0.1, -0.05) is 48.5 Å². The van der Waals surface area contributed by atoms with E-state index in [-0.39, 0.29) is 23.1 Å². The van der Waals surface area contributed by atoms with Crippen LogP contribution in [0.2, 0.25) is 0 Å². The second-order valence-electron chi connectivity index (χ2n) is 15.4. The zero-order chi connectivity index (χ0) is 32.4. The average molecular weight is 619 g/mol. The highest BCUT2D eigenvalue weighted by molar-refractivity contribution is 5.85. The molecule has 3 heterocycles. The molecule has 4 amide bonds. The summed E-state index contributed by atoms with van der Waals surface area (Å²) in [5.74, 6) is 0. The number of hydrogen-bond donors (Lipinski definition) is 0. The Balaban J connectivity index is 1.32. The van der Waals surface area contributed by atoms with Crippen molar-refractivity contribution in [1.29, 1.82) is 0 Å². The molecule has 0 unspecified atom stereocenters. The fourth-order valence-electron chi connectivity index (χ4n) is 6.84. The Morgan fingerprint density at radius 3 is 0.913 bits per heavy atom. The maximum atomic E-state index is 14.0. The average Bonchev–Trinajstić information content (AvgIpc) is 2.99. The lowest BCUT2D eigenvalue weighted by atomic mass is 10.0. The van der Waals surface area contributed by atoms with Crippen LogP contribution in [0.3, 0.4) is 0 Å². The number of carbonyl (C=O) groups excluding carboxylic acids is 2. The number of rotatable bonds is 0. The van der Waals surface area contributed by atoms with Gasteiger partial charge in [0.25, 0.3) is 0 Å². The van der Waals surface area contributed by atoms with Crippen LogP contribution in [-0.2, 0) is 26.2 Å². The standard InChI is InChI=1S/C38H46N6O2/c1-37(2,3)43-23-39-19-27-7-11-31-13-9-29(17-33(31)15-27)21-41-25-44(38(4,5)6)26-42(36(41)46)22-30-10-14-32-12-8-28(16-34(32)18-30)20-40(24-43)35(39)45/h7-18H,19-26H2,1-6H3. The molecule has 240 valence electrons. The van der Waals surface area contributed by atoms with Crippen molar-refractivity contribution in [2.45, 2.75) is 78.8 Å². The van der Waals surface area contributed by atoms with Gasteiger partial charge in [0.1, 0.15) is 0 Å². The Bertz CT molecular complexity index is 1580. The van der Waals surface area contributed by atoms with Gasteiger partial charge in [0.05, 0.1) is 26.7 Å². The molecular weight excluding hydrogens is 572 g/mol. The van der Waals surface area contributed by atoms with Crippen LogP contribution in [0.25, 0.3) is 21.5 Å². The molecule has 3 aliphatic rings. The van der Waals surface area contributed by atoms with Crippen molar-refractivity contribution in [2.24, 2.45) is 0 Å². The Morgan fingerprint density at radius 2 is 0.674 bits per heavy atom. The SMILES string of the molecule is CC(C)(C)N1CN2Cc3ccc4ccc(cc4c3)CN3CN(C(C)(C)C)CN(Cc4ccc5ccc(cc5c4)CN(C1)C2=O)C3=O. The third-order valence-corrected chi connectivity index (χ3v) is 9.78. The van der Waals surface area contributed by atoms with Crippen molar-refractivity contribution in [1.82, 2.24) is 29.4 Å². The van der Waals surface area contributed by atoms with E-state index in [1.165, 1.54) is 0 Å². The zero-order valence-electron chi connectivity index (χ0n) is 28.1. The van der Waals surface area contributed by atoms with Gasteiger partial charge in [-0.3, -0.25) is 9.80 Å². The monoisotopic (exact) mass is 618 g/mol. The van der Waals surface area contributed by atoms with E-state index >= 15 is 0 Å². The number of benzene rings is 4. The molecule has 3 aliphatic heterocycles. The molecule has 8 heteroatoms. The maximum absolute atomic E-state index is 14.0. The molecule has 4 aromatic rings. The molecule has 0 saturated carbocycles. The molecule has 10 bridgehead atoms. The lowest BCUT2D eigenvalue weighted by Crippen LogP contribution is -2.61. The number of urea groups is 2. The van der Waals surface area contributed by atoms with Gasteiger partial charge in [-0.15, -0.1) is 0 Å². The van der Waals surface area contributed by atoms with Crippen molar-refractivity contribution in [2.75, 3.05) is 26.7 Å². The molecule has 2 saturated heterocycles. The molecule has 0 spiro atoms. The van der Waals surface area contributed by atoms with Crippen LogP contribution in [0.1, 0.15) is 63.8 Å². The summed E-state index contributed by atoms with van der Waals surface area (Å²) in [5, 5.41) is 4.54. The van der Waals surface area contributed by atoms with Crippen molar-refractivity contribution in [3.8, 4) is 0 Å². The third-order valence-electron chi connectivity index (χ3n) is 9.78. The topological polar surface area (TPSA) is 53.6 Å². The van der Waals surface area contributed by atoms with Gasteiger partial charge >= 0.3 is 12.1 Å². The molecule has 46 heavy (non-hydrogen) atoms. The van der Waals surface area contributed by atoms with Gasteiger partial charge in [0, 0.05) is 37.3 Å². The first-order valence-electron chi connectivity index (χ1n) is 16.4. The Morgan fingerprint density at radius 1 is 0.413 bits per heavy atom. The van der Waals surface area contributed by atoms with Crippen LogP contribution in [0.5, 0.6) is 0 Å². The zero-order valence-corrected chi connectivity index (χ0v) is 28.1. The minimum Gasteiger partial charge on any atom is -0.307 e. The molecule has 4 aromatic carbocycles. The highest BCUT2D eigenvalue weighted by Gasteiger charge is 2.37. The van der Waals surface area contributed by atoms with E-state index in [0.717, 1.165) is 43.8 Å². The second kappa shape index (κ2) is 11.3. The first-order chi connectivity index (χ1) is 21.8. The van der Waals surface area contributed by atoms with Crippen molar-refractivity contribution >= 4 is 33.6 Å². The lowest BCUT2D eigenvalue weighted by Gasteiger charge is -2.47. The van der Waals surface area contributed by atoms with Gasteiger partial charge in [0.2, 0.25) is 0 Å². The first-order valence-corrected chi connectivity index (χ1v) is 16.4. The van der Waals surface area contributed by atoms with Crippen LogP contribution in [-0.4, -0.2) is 79.2 Å². The molecule has 0 N–H and O–H groups in total. The van der Waals surface area contributed by atoms with E-state index in [4.69, 9.17) is 0 Å². The molecule has 7 rings (SSSR count). The van der Waals surface area contributed by atoms with E-state index in [0.29, 0.717) is 52.9 Å². The molecule has 0 radical (unpaired) electrons. The summed E-state index contributed by atoms with van der Waals surface area (Å²) in [7, 11) is 0. The van der Waals surface area contributed by atoms with Gasteiger partial charge in [-0.25, -0.2) is 9.59 Å². The quantitative estimate of drug-likeness (QED) is 0.209. The van der Waals surface area contributed by atoms with E-state index in [9.17, 15) is 9.59 Å². The van der Waals surface area contributed by atoms with Crippen LogP contribution >= 0.6 is 0 Å². The predicted octanol–water partition coefficient (Wildman–Crippen LogP) is 7.21. The number of carbonyl (C=O) groups is 2. The Kier molecular flexibility index (Phi) is 7.48. The van der Waals surface area contributed by atoms with Gasteiger partial charge < -0.3 is 19.6 Å². The maximum Gasteiger partial charge on any atom is 0.322 e. The summed E-state index contributed by atoms with van der Waals surface area (Å²) in [5.41, 5.74) is 4.20. The van der Waals surface area contributed by atoms with Crippen LogP contribution in [0.4, 0.5) is 9.59 Å². The minimum absolute atomic E-state index is 0.0629. The second-order valence-corrected chi connectivity index (χ2v) is 15.4. The Hall–Kier alpha value is -4.14. The van der Waals surface area contributed by atoms with E-state index in [1.807, 2.05) is 19.6 Å². The van der Waals surface area contributed by atoms with Crippen molar-refractivity contribution in [3.63, 3.8) is 0 Å². The minimum atomic E-state index is -0.0930. The van der Waals surface area contributed by atoms with E-state index in [1.54, 1.807) is 0 Å². The first kappa shape index (κ1) is 30.5. The summed E-state index contributed by atoms with van der Waals surface area (Å²) < 4.78 is 0. The summed E-state index contributed by atoms with van der Waals surface area (Å²) >= 11 is 0. The molecule has 0 aliphatic carbocycles. The molecular formula is C38H46N6O2. The van der Waals surface area contributed by atoms with Crippen molar-refractivity contribution in [3.05, 3.63) is 95.1 Å². The smallest absolute Gasteiger partial charge is 0.307 e. The van der Waals surface area contributed by atoms with Gasteiger partial charge in [-0.05, 0) is 110 Å². The largest absolute Gasteiger partial charge is 0.322 e. The van der Waals surface area contributed by atoms with E-state index < -0.39 is 0 Å². The number of amides is 4. The number of fused-ring (bicyclic) bond motifs is 8. The summed E-state index contributed by atoms with van der Waals surface area (Å²) in [6.07, 6.45) is 0. The fourth-order valence-corrected chi connectivity index (χ4v) is 6.84. The van der Waals surface area contributed by atoms with Crippen LogP contribution in [0, 0.1) is 0 Å². The predicted molar refractivity (Wildman–Crippen MR) is 184 cm³/mol. The highest BCUT2D eigenvalue weighted by atomic mass is 16.2. The normalized spacial score (nSPS) is 19.0.